The maximum atomic E-state index is 3.45. The molecular weight excluding hydrogens is 184 g/mol. The number of hydrogen-bond acceptors (Lipinski definition) is 2. The minimum atomic E-state index is 0.717. The van der Waals surface area contributed by atoms with Gasteiger partial charge in [-0.2, -0.15) is 0 Å². The molecule has 2 heteroatoms. The summed E-state index contributed by atoms with van der Waals surface area (Å²) in [5.41, 5.74) is 0. The van der Waals surface area contributed by atoms with Crippen molar-refractivity contribution in [1.82, 2.24) is 10.2 Å². The minimum Gasteiger partial charge on any atom is -0.317 e. The quantitative estimate of drug-likeness (QED) is 0.774. The number of rotatable bonds is 4. The van der Waals surface area contributed by atoms with Gasteiger partial charge in [-0.1, -0.05) is 27.7 Å². The van der Waals surface area contributed by atoms with Crippen molar-refractivity contribution in [2.24, 2.45) is 11.8 Å². The van der Waals surface area contributed by atoms with Gasteiger partial charge in [0, 0.05) is 19.1 Å². The van der Waals surface area contributed by atoms with E-state index in [0.29, 0.717) is 6.04 Å². The average Bonchev–Trinajstić information content (AvgIpc) is 2.60. The van der Waals surface area contributed by atoms with Crippen LogP contribution in [0.5, 0.6) is 0 Å². The first-order chi connectivity index (χ1) is 7.15. The third-order valence-corrected chi connectivity index (χ3v) is 3.18. The first-order valence-electron chi connectivity index (χ1n) is 6.59. The van der Waals surface area contributed by atoms with Gasteiger partial charge >= 0.3 is 0 Å². The van der Waals surface area contributed by atoms with Gasteiger partial charge in [-0.15, -0.1) is 0 Å². The largest absolute Gasteiger partial charge is 0.317 e. The van der Waals surface area contributed by atoms with Crippen LogP contribution < -0.4 is 5.32 Å². The Morgan fingerprint density at radius 2 is 1.87 bits per heavy atom. The Morgan fingerprint density at radius 3 is 2.27 bits per heavy atom. The van der Waals surface area contributed by atoms with Crippen LogP contribution >= 0.6 is 0 Å². The highest BCUT2D eigenvalue weighted by atomic mass is 15.2. The van der Waals surface area contributed by atoms with E-state index in [1.54, 1.807) is 0 Å². The van der Waals surface area contributed by atoms with E-state index in [-0.39, 0.29) is 0 Å². The summed E-state index contributed by atoms with van der Waals surface area (Å²) in [6.07, 6.45) is 0. The van der Waals surface area contributed by atoms with Crippen LogP contribution in [-0.2, 0) is 0 Å². The fourth-order valence-electron chi connectivity index (χ4n) is 2.09. The van der Waals surface area contributed by atoms with E-state index in [4.69, 9.17) is 0 Å². The predicted molar refractivity (Wildman–Crippen MR) is 69.3 cm³/mol. The highest BCUT2D eigenvalue weighted by molar-refractivity contribution is 4.84. The van der Waals surface area contributed by atoms with Crippen LogP contribution in [0.4, 0.5) is 0 Å². The summed E-state index contributed by atoms with van der Waals surface area (Å²) >= 11 is 0. The standard InChI is InChI=1S/C11H24N2.C2H6/c1-5-12-6-11-8-13(9(2)3)7-10(11)4;1-2/h9-12H,5-8H2,1-4H3;1-2H3. The molecule has 0 aromatic carbocycles. The molecule has 1 aliphatic heterocycles. The second kappa shape index (κ2) is 8.12. The number of likely N-dealkylation sites (tertiary alicyclic amines) is 1. The van der Waals surface area contributed by atoms with Crippen LogP contribution in [0.25, 0.3) is 0 Å². The summed E-state index contributed by atoms with van der Waals surface area (Å²) in [5, 5.41) is 3.45. The average molecular weight is 214 g/mol. The highest BCUT2D eigenvalue weighted by Crippen LogP contribution is 2.23. The van der Waals surface area contributed by atoms with Crippen LogP contribution in [0.15, 0.2) is 0 Å². The lowest BCUT2D eigenvalue weighted by atomic mass is 9.98. The van der Waals surface area contributed by atoms with E-state index in [0.717, 1.165) is 18.4 Å². The second-order valence-electron chi connectivity index (χ2n) is 4.59. The first kappa shape index (κ1) is 14.9. The molecule has 92 valence electrons. The Kier molecular flexibility index (Phi) is 8.07. The van der Waals surface area contributed by atoms with Crippen molar-refractivity contribution in [2.75, 3.05) is 26.2 Å². The lowest BCUT2D eigenvalue weighted by molar-refractivity contribution is 0.262. The Balaban J connectivity index is 0.000000921. The number of nitrogens with one attached hydrogen (secondary N) is 1. The summed E-state index contributed by atoms with van der Waals surface area (Å²) in [6.45, 7) is 18.0. The van der Waals surface area contributed by atoms with Crippen molar-refractivity contribution in [1.29, 1.82) is 0 Å². The van der Waals surface area contributed by atoms with Gasteiger partial charge in [0.1, 0.15) is 0 Å². The van der Waals surface area contributed by atoms with Gasteiger partial charge in [0.25, 0.3) is 0 Å². The van der Waals surface area contributed by atoms with E-state index in [2.05, 4.69) is 37.9 Å². The van der Waals surface area contributed by atoms with Crippen LogP contribution in [0.3, 0.4) is 0 Å². The maximum absolute atomic E-state index is 3.45. The van der Waals surface area contributed by atoms with E-state index in [9.17, 15) is 0 Å². The monoisotopic (exact) mass is 214 g/mol. The molecule has 2 nitrogen and oxygen atoms in total. The topological polar surface area (TPSA) is 15.3 Å². The summed E-state index contributed by atoms with van der Waals surface area (Å²) in [7, 11) is 0. The molecule has 1 N–H and O–H groups in total. The fraction of sp³-hybridized carbons (Fsp3) is 1.00. The van der Waals surface area contributed by atoms with Crippen LogP contribution in [0.2, 0.25) is 0 Å². The molecule has 15 heavy (non-hydrogen) atoms. The Labute approximate surface area is 96.4 Å². The minimum absolute atomic E-state index is 0.717. The molecule has 0 amide bonds. The smallest absolute Gasteiger partial charge is 0.00388 e. The van der Waals surface area contributed by atoms with E-state index >= 15 is 0 Å². The SMILES string of the molecule is CC.CCNCC1CN(C(C)C)CC1C. The third-order valence-electron chi connectivity index (χ3n) is 3.18. The van der Waals surface area contributed by atoms with Crippen molar-refractivity contribution in [2.45, 2.75) is 47.6 Å². The molecule has 0 saturated carbocycles. The summed E-state index contributed by atoms with van der Waals surface area (Å²) in [4.78, 5) is 2.59. The van der Waals surface area contributed by atoms with E-state index in [1.807, 2.05) is 13.8 Å². The zero-order valence-electron chi connectivity index (χ0n) is 11.5. The molecule has 0 bridgehead atoms. The zero-order chi connectivity index (χ0) is 11.8. The molecule has 2 unspecified atom stereocenters. The lowest BCUT2D eigenvalue weighted by Gasteiger charge is -2.20. The fourth-order valence-corrected chi connectivity index (χ4v) is 2.09. The molecule has 0 aliphatic carbocycles. The third kappa shape index (κ3) is 4.98. The van der Waals surface area contributed by atoms with Gasteiger partial charge in [0.15, 0.2) is 0 Å². The van der Waals surface area contributed by atoms with Crippen molar-refractivity contribution in [3.8, 4) is 0 Å². The molecule has 0 aromatic heterocycles. The number of hydrogen-bond donors (Lipinski definition) is 1. The van der Waals surface area contributed by atoms with Gasteiger partial charge in [-0.05, 0) is 38.8 Å². The van der Waals surface area contributed by atoms with Gasteiger partial charge < -0.3 is 10.2 Å². The summed E-state index contributed by atoms with van der Waals surface area (Å²) in [6, 6.07) is 0.717. The summed E-state index contributed by atoms with van der Waals surface area (Å²) < 4.78 is 0. The molecule has 0 aromatic rings. The molecular formula is C13H30N2. The molecule has 2 atom stereocenters. The van der Waals surface area contributed by atoms with Gasteiger partial charge in [0.05, 0.1) is 0 Å². The van der Waals surface area contributed by atoms with Gasteiger partial charge in [-0.25, -0.2) is 0 Å². The van der Waals surface area contributed by atoms with Gasteiger partial charge in [0.2, 0.25) is 0 Å². The lowest BCUT2D eigenvalue weighted by Crippen LogP contribution is -2.30. The van der Waals surface area contributed by atoms with Crippen molar-refractivity contribution < 1.29 is 0 Å². The molecule has 0 radical (unpaired) electrons. The molecule has 1 heterocycles. The van der Waals surface area contributed by atoms with Crippen LogP contribution in [-0.4, -0.2) is 37.1 Å². The maximum Gasteiger partial charge on any atom is 0.00388 e. The molecule has 1 saturated heterocycles. The zero-order valence-corrected chi connectivity index (χ0v) is 11.5. The first-order valence-corrected chi connectivity index (χ1v) is 6.59. The second-order valence-corrected chi connectivity index (χ2v) is 4.59. The molecule has 0 spiro atoms. The van der Waals surface area contributed by atoms with Crippen molar-refractivity contribution in [3.63, 3.8) is 0 Å². The molecule has 1 aliphatic rings. The van der Waals surface area contributed by atoms with Gasteiger partial charge in [-0.3, -0.25) is 0 Å². The Morgan fingerprint density at radius 1 is 1.27 bits per heavy atom. The molecule has 1 fully saturated rings. The Bertz CT molecular complexity index is 145. The normalized spacial score (nSPS) is 26.6. The highest BCUT2D eigenvalue weighted by Gasteiger charge is 2.29. The summed E-state index contributed by atoms with van der Waals surface area (Å²) in [5.74, 6) is 1.73. The Hall–Kier alpha value is -0.0800. The van der Waals surface area contributed by atoms with E-state index in [1.165, 1.54) is 19.6 Å². The van der Waals surface area contributed by atoms with Crippen molar-refractivity contribution >= 4 is 0 Å². The van der Waals surface area contributed by atoms with E-state index < -0.39 is 0 Å². The van der Waals surface area contributed by atoms with Crippen LogP contribution in [0.1, 0.15) is 41.5 Å². The predicted octanol–water partition coefficient (Wildman–Crippen LogP) is 2.60. The van der Waals surface area contributed by atoms with Crippen LogP contribution in [0, 0.1) is 11.8 Å². The van der Waals surface area contributed by atoms with Crippen molar-refractivity contribution in [3.05, 3.63) is 0 Å². The molecule has 1 rings (SSSR count). The number of nitrogens with zero attached hydrogens (tertiary/aromatic N) is 1.